The van der Waals surface area contributed by atoms with Gasteiger partial charge in [0.15, 0.2) is 0 Å². The van der Waals surface area contributed by atoms with Gasteiger partial charge in [0, 0.05) is 35.5 Å². The molecule has 18 heavy (non-hydrogen) atoms. The molecule has 0 aromatic heterocycles. The summed E-state index contributed by atoms with van der Waals surface area (Å²) in [4.78, 5) is 0. The molecule has 4 heteroatoms. The number of hydrogen-bond donors (Lipinski definition) is 1. The number of benzene rings is 1. The van der Waals surface area contributed by atoms with Crippen molar-refractivity contribution in [2.24, 2.45) is 5.73 Å². The minimum atomic E-state index is -0.843. The molecule has 0 bridgehead atoms. The standard InChI is InChI=1S/C14H23NO2S/c1-3-17-14(10-15)8-9-18(16)11-13-7-5-4-6-12(13)2/h4-7,14H,3,8-11,15H2,1-2H3. The Morgan fingerprint density at radius 2 is 2.11 bits per heavy atom. The first-order valence-electron chi connectivity index (χ1n) is 6.38. The molecule has 0 saturated heterocycles. The van der Waals surface area contributed by atoms with E-state index in [-0.39, 0.29) is 6.10 Å². The van der Waals surface area contributed by atoms with Crippen LogP contribution in [-0.4, -0.2) is 29.2 Å². The largest absolute Gasteiger partial charge is 0.377 e. The van der Waals surface area contributed by atoms with Crippen molar-refractivity contribution < 1.29 is 8.95 Å². The van der Waals surface area contributed by atoms with Crippen LogP contribution in [0.2, 0.25) is 0 Å². The Hall–Kier alpha value is -0.710. The molecule has 2 unspecified atom stereocenters. The predicted octanol–water partition coefficient (Wildman–Crippen LogP) is 2.00. The Morgan fingerprint density at radius 1 is 1.39 bits per heavy atom. The lowest BCUT2D eigenvalue weighted by atomic mass is 10.1. The van der Waals surface area contributed by atoms with Crippen LogP contribution in [0.5, 0.6) is 0 Å². The Labute approximate surface area is 112 Å². The molecule has 3 nitrogen and oxygen atoms in total. The molecule has 0 aliphatic rings. The first-order chi connectivity index (χ1) is 8.67. The van der Waals surface area contributed by atoms with Crippen molar-refractivity contribution in [2.45, 2.75) is 32.1 Å². The molecule has 0 amide bonds. The fourth-order valence-corrected chi connectivity index (χ4v) is 3.13. The van der Waals surface area contributed by atoms with E-state index >= 15 is 0 Å². The fourth-order valence-electron chi connectivity index (χ4n) is 1.79. The van der Waals surface area contributed by atoms with Crippen LogP contribution >= 0.6 is 0 Å². The zero-order valence-electron chi connectivity index (χ0n) is 11.2. The smallest absolute Gasteiger partial charge is 0.0705 e. The van der Waals surface area contributed by atoms with Crippen LogP contribution in [0.15, 0.2) is 24.3 Å². The van der Waals surface area contributed by atoms with E-state index in [0.717, 1.165) is 12.0 Å². The van der Waals surface area contributed by atoms with Crippen molar-refractivity contribution >= 4 is 10.8 Å². The summed E-state index contributed by atoms with van der Waals surface area (Å²) in [6, 6.07) is 8.08. The Balaban J connectivity index is 2.40. The first kappa shape index (κ1) is 15.3. The van der Waals surface area contributed by atoms with Gasteiger partial charge in [-0.05, 0) is 31.4 Å². The van der Waals surface area contributed by atoms with Gasteiger partial charge in [-0.25, -0.2) is 0 Å². The predicted molar refractivity (Wildman–Crippen MR) is 77.0 cm³/mol. The van der Waals surface area contributed by atoms with E-state index in [1.807, 2.05) is 25.1 Å². The van der Waals surface area contributed by atoms with Crippen molar-refractivity contribution in [1.82, 2.24) is 0 Å². The van der Waals surface area contributed by atoms with Gasteiger partial charge in [-0.1, -0.05) is 24.3 Å². The topological polar surface area (TPSA) is 52.3 Å². The molecule has 0 fully saturated rings. The van der Waals surface area contributed by atoms with E-state index < -0.39 is 10.8 Å². The third-order valence-corrected chi connectivity index (χ3v) is 4.23. The summed E-state index contributed by atoms with van der Waals surface area (Å²) >= 11 is 0. The summed E-state index contributed by atoms with van der Waals surface area (Å²) in [5, 5.41) is 0. The molecule has 0 saturated carbocycles. The Morgan fingerprint density at radius 3 is 2.72 bits per heavy atom. The summed E-state index contributed by atoms with van der Waals surface area (Å²) in [5.41, 5.74) is 7.96. The third kappa shape index (κ3) is 5.29. The maximum atomic E-state index is 12.0. The summed E-state index contributed by atoms with van der Waals surface area (Å²) in [5.74, 6) is 1.27. The molecule has 0 radical (unpaired) electrons. The number of ether oxygens (including phenoxy) is 1. The second kappa shape index (κ2) is 8.40. The van der Waals surface area contributed by atoms with Gasteiger partial charge in [0.25, 0.3) is 0 Å². The van der Waals surface area contributed by atoms with Crippen LogP contribution in [0.1, 0.15) is 24.5 Å². The average molecular weight is 269 g/mol. The molecule has 0 aliphatic carbocycles. The quantitative estimate of drug-likeness (QED) is 0.785. The first-order valence-corrected chi connectivity index (χ1v) is 7.87. The van der Waals surface area contributed by atoms with Crippen LogP contribution in [0.25, 0.3) is 0 Å². The molecule has 2 atom stereocenters. The summed E-state index contributed by atoms with van der Waals surface area (Å²) in [6.07, 6.45) is 0.804. The molecule has 1 aromatic rings. The summed E-state index contributed by atoms with van der Waals surface area (Å²) in [6.45, 7) is 5.16. The average Bonchev–Trinajstić information content (AvgIpc) is 2.37. The van der Waals surface area contributed by atoms with E-state index in [2.05, 4.69) is 13.0 Å². The van der Waals surface area contributed by atoms with Crippen LogP contribution in [-0.2, 0) is 21.3 Å². The van der Waals surface area contributed by atoms with Gasteiger partial charge < -0.3 is 10.5 Å². The maximum absolute atomic E-state index is 12.0. The van der Waals surface area contributed by atoms with Crippen molar-refractivity contribution in [3.05, 3.63) is 35.4 Å². The van der Waals surface area contributed by atoms with E-state index in [4.69, 9.17) is 10.5 Å². The second-order valence-electron chi connectivity index (χ2n) is 4.32. The molecule has 0 spiro atoms. The third-order valence-electron chi connectivity index (χ3n) is 2.91. The highest BCUT2D eigenvalue weighted by atomic mass is 32.2. The monoisotopic (exact) mass is 269 g/mol. The van der Waals surface area contributed by atoms with E-state index in [1.165, 1.54) is 5.56 Å². The molecule has 102 valence electrons. The lowest BCUT2D eigenvalue weighted by Gasteiger charge is -2.14. The van der Waals surface area contributed by atoms with Crippen molar-refractivity contribution in [1.29, 1.82) is 0 Å². The fraction of sp³-hybridized carbons (Fsp3) is 0.571. The lowest BCUT2D eigenvalue weighted by Crippen LogP contribution is -2.25. The molecule has 1 rings (SSSR count). The van der Waals surface area contributed by atoms with Crippen LogP contribution < -0.4 is 5.73 Å². The normalized spacial score (nSPS) is 14.4. The van der Waals surface area contributed by atoms with Gasteiger partial charge in [-0.2, -0.15) is 0 Å². The molecular formula is C14H23NO2S. The molecule has 0 aliphatic heterocycles. The van der Waals surface area contributed by atoms with Gasteiger partial charge >= 0.3 is 0 Å². The van der Waals surface area contributed by atoms with E-state index in [1.54, 1.807) is 0 Å². The minimum absolute atomic E-state index is 0.0378. The van der Waals surface area contributed by atoms with Crippen LogP contribution in [0.3, 0.4) is 0 Å². The number of aryl methyl sites for hydroxylation is 1. The maximum Gasteiger partial charge on any atom is 0.0705 e. The second-order valence-corrected chi connectivity index (χ2v) is 5.89. The number of rotatable bonds is 8. The Kier molecular flexibility index (Phi) is 7.16. The SMILES string of the molecule is CCOC(CN)CCS(=O)Cc1ccccc1C. The highest BCUT2D eigenvalue weighted by molar-refractivity contribution is 7.84. The van der Waals surface area contributed by atoms with E-state index in [9.17, 15) is 4.21 Å². The zero-order chi connectivity index (χ0) is 13.4. The van der Waals surface area contributed by atoms with Gasteiger partial charge in [0.2, 0.25) is 0 Å². The van der Waals surface area contributed by atoms with Gasteiger partial charge in [0.05, 0.1) is 6.10 Å². The molecule has 0 heterocycles. The van der Waals surface area contributed by atoms with E-state index in [0.29, 0.717) is 24.7 Å². The zero-order valence-corrected chi connectivity index (χ0v) is 12.0. The van der Waals surface area contributed by atoms with Crippen molar-refractivity contribution in [3.8, 4) is 0 Å². The summed E-state index contributed by atoms with van der Waals surface area (Å²) < 4.78 is 17.5. The number of nitrogens with two attached hydrogens (primary N) is 1. The highest BCUT2D eigenvalue weighted by Crippen LogP contribution is 2.11. The van der Waals surface area contributed by atoms with Gasteiger partial charge in [0.1, 0.15) is 0 Å². The van der Waals surface area contributed by atoms with Gasteiger partial charge in [-0.15, -0.1) is 0 Å². The summed E-state index contributed by atoms with van der Waals surface area (Å²) in [7, 11) is -0.843. The highest BCUT2D eigenvalue weighted by Gasteiger charge is 2.10. The van der Waals surface area contributed by atoms with Crippen molar-refractivity contribution in [2.75, 3.05) is 18.9 Å². The number of hydrogen-bond acceptors (Lipinski definition) is 3. The van der Waals surface area contributed by atoms with Gasteiger partial charge in [-0.3, -0.25) is 4.21 Å². The molecule has 2 N–H and O–H groups in total. The van der Waals surface area contributed by atoms with Crippen LogP contribution in [0.4, 0.5) is 0 Å². The molecule has 1 aromatic carbocycles. The minimum Gasteiger partial charge on any atom is -0.377 e. The Bertz CT molecular complexity index is 382. The van der Waals surface area contributed by atoms with Crippen LogP contribution in [0, 0.1) is 6.92 Å². The molecular weight excluding hydrogens is 246 g/mol. The lowest BCUT2D eigenvalue weighted by molar-refractivity contribution is 0.0672. The van der Waals surface area contributed by atoms with Crippen molar-refractivity contribution in [3.63, 3.8) is 0 Å².